The van der Waals surface area contributed by atoms with Crippen LogP contribution in [0.25, 0.3) is 0 Å². The molecule has 1 rings (SSSR count). The van der Waals surface area contributed by atoms with Crippen LogP contribution in [0.4, 0.5) is 4.79 Å². The Bertz CT molecular complexity index is 265. The lowest BCUT2D eigenvalue weighted by atomic mass is 9.75. The first kappa shape index (κ1) is 14.3. The number of carbonyl (C=O) groups excluding carboxylic acids is 1. The van der Waals surface area contributed by atoms with Gasteiger partial charge in [0.2, 0.25) is 0 Å². The fourth-order valence-corrected chi connectivity index (χ4v) is 2.25. The van der Waals surface area contributed by atoms with Crippen molar-refractivity contribution in [2.45, 2.75) is 60.0 Å². The van der Waals surface area contributed by atoms with Gasteiger partial charge in [0, 0.05) is 13.1 Å². The van der Waals surface area contributed by atoms with Gasteiger partial charge in [0.1, 0.15) is 5.60 Å². The standard InChI is InChI=1S/C14H27NO2/c1-13(2,3)11-7-9-15(10-8-11)12(16)17-14(4,5)6/h11H,7-10H2,1-6H3. The van der Waals surface area contributed by atoms with Gasteiger partial charge in [-0.2, -0.15) is 0 Å². The number of amides is 1. The second-order valence-corrected chi connectivity index (χ2v) is 7.11. The molecular formula is C14H27NO2. The Labute approximate surface area is 106 Å². The molecule has 1 heterocycles. The maximum absolute atomic E-state index is 11.9. The lowest BCUT2D eigenvalue weighted by Crippen LogP contribution is -2.43. The van der Waals surface area contributed by atoms with E-state index in [1.807, 2.05) is 25.7 Å². The average Bonchev–Trinajstić information content (AvgIpc) is 2.14. The Morgan fingerprint density at radius 2 is 1.53 bits per heavy atom. The molecule has 0 aromatic heterocycles. The zero-order valence-electron chi connectivity index (χ0n) is 12.2. The number of piperidine rings is 1. The van der Waals surface area contributed by atoms with Crippen LogP contribution in [0.1, 0.15) is 54.4 Å². The lowest BCUT2D eigenvalue weighted by Gasteiger charge is -2.39. The van der Waals surface area contributed by atoms with Crippen LogP contribution in [-0.2, 0) is 4.74 Å². The van der Waals surface area contributed by atoms with E-state index >= 15 is 0 Å². The Kier molecular flexibility index (Phi) is 4.11. The maximum atomic E-state index is 11.9. The van der Waals surface area contributed by atoms with Crippen molar-refractivity contribution < 1.29 is 9.53 Å². The first-order valence-corrected chi connectivity index (χ1v) is 6.57. The zero-order chi connectivity index (χ0) is 13.3. The number of hydrogen-bond donors (Lipinski definition) is 0. The van der Waals surface area contributed by atoms with Crippen molar-refractivity contribution in [3.63, 3.8) is 0 Å². The third-order valence-corrected chi connectivity index (χ3v) is 3.37. The van der Waals surface area contributed by atoms with Gasteiger partial charge >= 0.3 is 6.09 Å². The smallest absolute Gasteiger partial charge is 0.410 e. The average molecular weight is 241 g/mol. The third-order valence-electron chi connectivity index (χ3n) is 3.37. The molecule has 0 unspecified atom stereocenters. The summed E-state index contributed by atoms with van der Waals surface area (Å²) in [5.41, 5.74) is -0.0437. The highest BCUT2D eigenvalue weighted by atomic mass is 16.6. The van der Waals surface area contributed by atoms with Gasteiger partial charge in [-0.15, -0.1) is 0 Å². The van der Waals surface area contributed by atoms with Gasteiger partial charge in [-0.1, -0.05) is 20.8 Å². The third kappa shape index (κ3) is 4.57. The first-order chi connectivity index (χ1) is 7.59. The summed E-state index contributed by atoms with van der Waals surface area (Å²) in [5, 5.41) is 0. The largest absolute Gasteiger partial charge is 0.444 e. The number of rotatable bonds is 0. The van der Waals surface area contributed by atoms with Crippen molar-refractivity contribution in [3.8, 4) is 0 Å². The highest BCUT2D eigenvalue weighted by molar-refractivity contribution is 5.68. The molecule has 0 radical (unpaired) electrons. The summed E-state index contributed by atoms with van der Waals surface area (Å²) in [4.78, 5) is 13.7. The molecule has 1 aliphatic rings. The minimum Gasteiger partial charge on any atom is -0.444 e. The molecule has 0 atom stereocenters. The molecule has 0 spiro atoms. The van der Waals surface area contributed by atoms with Crippen molar-refractivity contribution in [2.24, 2.45) is 11.3 Å². The predicted octanol–water partition coefficient (Wildman–Crippen LogP) is 3.68. The van der Waals surface area contributed by atoms with E-state index < -0.39 is 5.60 Å². The Morgan fingerprint density at radius 3 is 1.88 bits per heavy atom. The highest BCUT2D eigenvalue weighted by Crippen LogP contribution is 2.34. The maximum Gasteiger partial charge on any atom is 0.410 e. The van der Waals surface area contributed by atoms with Crippen LogP contribution < -0.4 is 0 Å². The Hall–Kier alpha value is -0.730. The Balaban J connectivity index is 2.45. The first-order valence-electron chi connectivity index (χ1n) is 6.57. The molecule has 100 valence electrons. The van der Waals surface area contributed by atoms with E-state index in [1.165, 1.54) is 0 Å². The number of carbonyl (C=O) groups is 1. The molecule has 3 heteroatoms. The van der Waals surface area contributed by atoms with E-state index in [-0.39, 0.29) is 6.09 Å². The number of likely N-dealkylation sites (tertiary alicyclic amines) is 1. The molecule has 0 bridgehead atoms. The highest BCUT2D eigenvalue weighted by Gasteiger charge is 2.31. The van der Waals surface area contributed by atoms with E-state index in [2.05, 4.69) is 20.8 Å². The molecule has 1 aliphatic heterocycles. The van der Waals surface area contributed by atoms with Gasteiger partial charge in [-0.25, -0.2) is 4.79 Å². The minimum absolute atomic E-state index is 0.162. The molecule has 17 heavy (non-hydrogen) atoms. The van der Waals surface area contributed by atoms with E-state index in [0.29, 0.717) is 11.3 Å². The van der Waals surface area contributed by atoms with E-state index in [1.54, 1.807) is 0 Å². The molecule has 0 aromatic carbocycles. The molecule has 3 nitrogen and oxygen atoms in total. The monoisotopic (exact) mass is 241 g/mol. The Morgan fingerprint density at radius 1 is 1.06 bits per heavy atom. The lowest BCUT2D eigenvalue weighted by molar-refractivity contribution is 0.0128. The molecule has 0 saturated carbocycles. The van der Waals surface area contributed by atoms with Gasteiger partial charge in [-0.3, -0.25) is 0 Å². The van der Waals surface area contributed by atoms with Crippen LogP contribution in [0.3, 0.4) is 0 Å². The number of nitrogens with zero attached hydrogens (tertiary/aromatic N) is 1. The zero-order valence-corrected chi connectivity index (χ0v) is 12.2. The van der Waals surface area contributed by atoms with Crippen LogP contribution in [0.2, 0.25) is 0 Å². The van der Waals surface area contributed by atoms with Crippen LogP contribution >= 0.6 is 0 Å². The van der Waals surface area contributed by atoms with Crippen molar-refractivity contribution in [3.05, 3.63) is 0 Å². The van der Waals surface area contributed by atoms with E-state index in [4.69, 9.17) is 4.74 Å². The summed E-state index contributed by atoms with van der Waals surface area (Å²) >= 11 is 0. The summed E-state index contributed by atoms with van der Waals surface area (Å²) in [6.07, 6.45) is 2.01. The van der Waals surface area contributed by atoms with Crippen LogP contribution in [0, 0.1) is 11.3 Å². The molecular weight excluding hydrogens is 214 g/mol. The van der Waals surface area contributed by atoms with Crippen molar-refractivity contribution in [1.29, 1.82) is 0 Å². The van der Waals surface area contributed by atoms with E-state index in [0.717, 1.165) is 25.9 Å². The summed E-state index contributed by atoms with van der Waals surface area (Å²) in [7, 11) is 0. The topological polar surface area (TPSA) is 29.5 Å². The normalized spacial score (nSPS) is 19.3. The second kappa shape index (κ2) is 4.87. The molecule has 0 aromatic rings. The second-order valence-electron chi connectivity index (χ2n) is 7.11. The summed E-state index contributed by atoms with van der Waals surface area (Å²) in [6.45, 7) is 14.2. The summed E-state index contributed by atoms with van der Waals surface area (Å²) in [5.74, 6) is 0.709. The SMILES string of the molecule is CC(C)(C)OC(=O)N1CCC(C(C)(C)C)CC1. The minimum atomic E-state index is -0.391. The van der Waals surface area contributed by atoms with Gasteiger partial charge in [0.25, 0.3) is 0 Å². The molecule has 0 N–H and O–H groups in total. The summed E-state index contributed by atoms with van der Waals surface area (Å²) < 4.78 is 5.39. The van der Waals surface area contributed by atoms with Crippen LogP contribution in [-0.4, -0.2) is 29.7 Å². The van der Waals surface area contributed by atoms with Crippen molar-refractivity contribution in [1.82, 2.24) is 4.90 Å². The van der Waals surface area contributed by atoms with E-state index in [9.17, 15) is 4.79 Å². The molecule has 0 aliphatic carbocycles. The number of ether oxygens (including phenoxy) is 1. The van der Waals surface area contributed by atoms with Crippen molar-refractivity contribution >= 4 is 6.09 Å². The molecule has 1 saturated heterocycles. The fourth-order valence-electron chi connectivity index (χ4n) is 2.25. The van der Waals surface area contributed by atoms with Gasteiger partial charge in [0.05, 0.1) is 0 Å². The van der Waals surface area contributed by atoms with Gasteiger partial charge in [0.15, 0.2) is 0 Å². The molecule has 1 fully saturated rings. The van der Waals surface area contributed by atoms with Gasteiger partial charge in [-0.05, 0) is 44.9 Å². The predicted molar refractivity (Wildman–Crippen MR) is 70.0 cm³/mol. The van der Waals surface area contributed by atoms with Crippen LogP contribution in [0.5, 0.6) is 0 Å². The van der Waals surface area contributed by atoms with Crippen LogP contribution in [0.15, 0.2) is 0 Å². The van der Waals surface area contributed by atoms with Crippen molar-refractivity contribution in [2.75, 3.05) is 13.1 Å². The quantitative estimate of drug-likeness (QED) is 0.647. The number of hydrogen-bond acceptors (Lipinski definition) is 2. The summed E-state index contributed by atoms with van der Waals surface area (Å²) in [6, 6.07) is 0. The van der Waals surface area contributed by atoms with Gasteiger partial charge < -0.3 is 9.64 Å². The fraction of sp³-hybridized carbons (Fsp3) is 0.929. The molecule has 1 amide bonds.